The Kier molecular flexibility index (Phi) is 8.03. The molecule has 2 aromatic carbocycles. The van der Waals surface area contributed by atoms with Gasteiger partial charge in [0.05, 0.1) is 57.1 Å². The Bertz CT molecular complexity index is 1890. The highest BCUT2D eigenvalue weighted by Gasteiger charge is 2.90. The van der Waals surface area contributed by atoms with E-state index in [2.05, 4.69) is 0 Å². The van der Waals surface area contributed by atoms with Gasteiger partial charge in [0.1, 0.15) is 36.6 Å². The molecule has 2 N–H and O–H groups in total. The first-order valence-electron chi connectivity index (χ1n) is 16.8. The Labute approximate surface area is 298 Å². The van der Waals surface area contributed by atoms with Gasteiger partial charge in [0, 0.05) is 51.4 Å². The zero-order chi connectivity index (χ0) is 37.0. The number of fused-ring (bicyclic) bond motifs is 4. The lowest BCUT2D eigenvalue weighted by molar-refractivity contribution is -0.161. The Hall–Kier alpha value is -4.44. The molecular weight excluding hydrogens is 680 g/mol. The van der Waals surface area contributed by atoms with Gasteiger partial charge in [-0.05, 0) is 49.2 Å². The van der Waals surface area contributed by atoms with Gasteiger partial charge in [-0.15, -0.1) is 0 Å². The van der Waals surface area contributed by atoms with Gasteiger partial charge in [0.15, 0.2) is 36.7 Å². The third-order valence-corrected chi connectivity index (χ3v) is 11.8. The molecule has 274 valence electrons. The highest BCUT2D eigenvalue weighted by molar-refractivity contribution is 6.30. The van der Waals surface area contributed by atoms with Crippen molar-refractivity contribution >= 4 is 34.7 Å². The number of ketones is 4. The van der Waals surface area contributed by atoms with Crippen LogP contribution >= 0.6 is 0 Å². The van der Waals surface area contributed by atoms with E-state index in [1.54, 1.807) is 38.1 Å². The molecule has 2 aromatic rings. The molecule has 0 aromatic heterocycles. The zero-order valence-electron chi connectivity index (χ0n) is 29.4. The van der Waals surface area contributed by atoms with Crippen molar-refractivity contribution in [3.63, 3.8) is 0 Å². The fourth-order valence-electron chi connectivity index (χ4n) is 10.6. The molecule has 0 radical (unpaired) electrons. The average Bonchev–Trinajstić information content (AvgIpc) is 3.52. The van der Waals surface area contributed by atoms with Crippen LogP contribution in [0.1, 0.15) is 43.0 Å². The number of rotatable bonds is 12. The summed E-state index contributed by atoms with van der Waals surface area (Å²) in [5, 5.41) is 24.7. The van der Waals surface area contributed by atoms with Crippen molar-refractivity contribution < 1.29 is 67.3 Å². The van der Waals surface area contributed by atoms with Gasteiger partial charge in [0.25, 0.3) is 0 Å². The highest BCUT2D eigenvalue weighted by atomic mass is 16.7. The molecule has 4 saturated carbocycles. The molecule has 4 bridgehead atoms. The maximum atomic E-state index is 15.6. The molecule has 0 heterocycles. The Morgan fingerprint density at radius 2 is 0.942 bits per heavy atom. The monoisotopic (exact) mass is 718 g/mol. The summed E-state index contributed by atoms with van der Waals surface area (Å²) in [5.74, 6) is -8.84. The second-order valence-corrected chi connectivity index (χ2v) is 14.1. The van der Waals surface area contributed by atoms with Crippen LogP contribution in [-0.2, 0) is 38.0 Å². The minimum atomic E-state index is -2.08. The highest BCUT2D eigenvalue weighted by Crippen LogP contribution is 2.81. The van der Waals surface area contributed by atoms with Gasteiger partial charge in [-0.25, -0.2) is 0 Å². The molecule has 4 fully saturated rings. The van der Waals surface area contributed by atoms with Crippen LogP contribution in [0.4, 0.5) is 0 Å². The van der Waals surface area contributed by atoms with E-state index in [0.29, 0.717) is 11.1 Å². The Morgan fingerprint density at radius 3 is 1.29 bits per heavy atom. The lowest BCUT2D eigenvalue weighted by atomic mass is 9.46. The molecule has 52 heavy (non-hydrogen) atoms. The topological polar surface area (TPSA) is 183 Å². The van der Waals surface area contributed by atoms with Gasteiger partial charge >= 0.3 is 0 Å². The maximum absolute atomic E-state index is 15.6. The molecular formula is C38H38O14. The fraction of sp³-hybridized carbons (Fsp3) is 0.474. The lowest BCUT2D eigenvalue weighted by Crippen LogP contribution is -2.66. The minimum absolute atomic E-state index is 0.0116. The number of aliphatic hydroxyl groups is 2. The van der Waals surface area contributed by atoms with E-state index < -0.39 is 81.4 Å². The molecule has 0 saturated heterocycles. The van der Waals surface area contributed by atoms with Crippen LogP contribution in [0, 0.1) is 48.3 Å². The quantitative estimate of drug-likeness (QED) is 0.304. The van der Waals surface area contributed by atoms with E-state index in [0.717, 1.165) is 0 Å². The van der Waals surface area contributed by atoms with Crippen LogP contribution in [0.25, 0.3) is 11.5 Å². The number of aryl methyl sites for hydroxylation is 2. The number of ether oxygens (including phenoxy) is 8. The van der Waals surface area contributed by atoms with E-state index in [-0.39, 0.29) is 72.1 Å². The normalized spacial score (nSPS) is 32.0. The number of Topliss-reactive ketones (excluding diaryl/α,β-unsaturated/α-hetero) is 4. The molecule has 14 nitrogen and oxygen atoms in total. The first kappa shape index (κ1) is 34.6. The summed E-state index contributed by atoms with van der Waals surface area (Å²) in [6.07, 6.45) is -2.36. The first-order valence-corrected chi connectivity index (χ1v) is 16.8. The summed E-state index contributed by atoms with van der Waals surface area (Å²) in [4.78, 5) is 61.9. The number of aliphatic hydroxyl groups excluding tert-OH is 2. The molecule has 0 aliphatic heterocycles. The van der Waals surface area contributed by atoms with Gasteiger partial charge < -0.3 is 48.1 Å². The van der Waals surface area contributed by atoms with Crippen molar-refractivity contribution in [1.29, 1.82) is 0 Å². The summed E-state index contributed by atoms with van der Waals surface area (Å²) in [6, 6.07) is 6.35. The van der Waals surface area contributed by atoms with Crippen molar-refractivity contribution in [3.05, 3.63) is 68.8 Å². The van der Waals surface area contributed by atoms with E-state index in [1.165, 1.54) is 28.4 Å². The zero-order valence-corrected chi connectivity index (χ0v) is 29.4. The van der Waals surface area contributed by atoms with Crippen LogP contribution < -0.4 is 9.47 Å². The van der Waals surface area contributed by atoms with Crippen LogP contribution in [0.2, 0.25) is 0 Å². The third-order valence-electron chi connectivity index (χ3n) is 11.8. The Morgan fingerprint density at radius 1 is 0.577 bits per heavy atom. The van der Waals surface area contributed by atoms with E-state index in [9.17, 15) is 10.2 Å². The standard InChI is InChI=1S/C38H38O14/c1-15-7-17-21(19(9-15)49-11-45-3)29(39)25-31(41)28-33(51-13-47-5)23-24-34(52-14-48-6)27(37(23,25)35(17)43)32(42)26-30(40)22-18(36(44)38(24,26)28)8-16(2)10-20(22)50-12-46-4/h7-10,23-24,27-28,33-34,39-40H,11-14H2,1-6H3/t23-,24-,27-,28-,33-,34-,37-,38-/m0/s1. The second-order valence-electron chi connectivity index (χ2n) is 14.1. The van der Waals surface area contributed by atoms with Crippen molar-refractivity contribution in [2.24, 2.45) is 34.5 Å². The predicted octanol–water partition coefficient (Wildman–Crippen LogP) is 3.51. The number of hydrogen-bond acceptors (Lipinski definition) is 14. The van der Waals surface area contributed by atoms with Gasteiger partial charge in [0.2, 0.25) is 0 Å². The molecule has 6 aliphatic carbocycles. The summed E-state index contributed by atoms with van der Waals surface area (Å²) < 4.78 is 45.0. The third kappa shape index (κ3) is 3.94. The van der Waals surface area contributed by atoms with Crippen LogP contribution in [0.5, 0.6) is 11.5 Å². The lowest BCUT2D eigenvalue weighted by Gasteiger charge is -2.54. The SMILES string of the molecule is COCOc1cc(C)cc2c1C(O)=C1C(=O)[C@H]3[C@@H](OCOC)[C@@H]4[C@H]5[C@H](OCOC)[C@H](C(=O)C6=C(O)c7c(OCOC)cc(C)cc7C(=O)[C@]653)[C@@]14C2=O. The first-order chi connectivity index (χ1) is 25.0. The van der Waals surface area contributed by atoms with Crippen LogP contribution in [0.15, 0.2) is 35.4 Å². The van der Waals surface area contributed by atoms with Crippen molar-refractivity contribution in [3.8, 4) is 11.5 Å². The molecule has 0 amide bonds. The molecule has 14 heteroatoms. The number of hydrogen-bond donors (Lipinski definition) is 2. The van der Waals surface area contributed by atoms with Gasteiger partial charge in [-0.1, -0.05) is 0 Å². The van der Waals surface area contributed by atoms with Crippen LogP contribution in [0.3, 0.4) is 0 Å². The average molecular weight is 719 g/mol. The van der Waals surface area contributed by atoms with Crippen molar-refractivity contribution in [2.75, 3.05) is 55.6 Å². The van der Waals surface area contributed by atoms with Gasteiger partial charge in [-0.2, -0.15) is 0 Å². The molecule has 6 aliphatic rings. The predicted molar refractivity (Wildman–Crippen MR) is 177 cm³/mol. The molecule has 0 unspecified atom stereocenters. The minimum Gasteiger partial charge on any atom is -0.507 e. The fourth-order valence-corrected chi connectivity index (χ4v) is 10.6. The van der Waals surface area contributed by atoms with Gasteiger partial charge in [-0.3, -0.25) is 19.2 Å². The summed E-state index contributed by atoms with van der Waals surface area (Å²) in [6.45, 7) is 2.39. The summed E-state index contributed by atoms with van der Waals surface area (Å²) in [7, 11) is 5.62. The number of benzene rings is 2. The number of carbonyl (C=O) groups is 4. The van der Waals surface area contributed by atoms with E-state index >= 15 is 19.2 Å². The molecule has 2 spiro atoms. The van der Waals surface area contributed by atoms with E-state index in [1.807, 2.05) is 0 Å². The summed E-state index contributed by atoms with van der Waals surface area (Å²) >= 11 is 0. The largest absolute Gasteiger partial charge is 0.507 e. The van der Waals surface area contributed by atoms with Crippen molar-refractivity contribution in [1.82, 2.24) is 0 Å². The number of allylic oxidation sites excluding steroid dienone is 2. The second kappa shape index (κ2) is 12.0. The maximum Gasteiger partial charge on any atom is 0.188 e. The molecule has 8 rings (SSSR count). The number of methoxy groups -OCH3 is 4. The summed E-state index contributed by atoms with van der Waals surface area (Å²) in [5.41, 5.74) is -3.61. The smallest absolute Gasteiger partial charge is 0.188 e. The molecule has 8 atom stereocenters. The van der Waals surface area contributed by atoms with Crippen LogP contribution in [-0.4, -0.2) is 101 Å². The Balaban J connectivity index is 1.49. The number of carbonyl (C=O) groups excluding carboxylic acids is 4. The van der Waals surface area contributed by atoms with E-state index in [4.69, 9.17) is 37.9 Å². The van der Waals surface area contributed by atoms with Crippen molar-refractivity contribution in [2.45, 2.75) is 26.1 Å².